The molecule has 0 aliphatic heterocycles. The minimum atomic E-state index is -2.50. The normalized spacial score (nSPS) is 12.0. The molecule has 31 heavy (non-hydrogen) atoms. The summed E-state index contributed by atoms with van der Waals surface area (Å²) in [5, 5.41) is 0. The lowest BCUT2D eigenvalue weighted by molar-refractivity contribution is 0.123. The molecule has 0 N–H and O–H groups in total. The average Bonchev–Trinajstić information content (AvgIpc) is 3.23. The van der Waals surface area contributed by atoms with Crippen molar-refractivity contribution in [2.45, 2.75) is 28.1 Å². The molecule has 0 bridgehead atoms. The van der Waals surface area contributed by atoms with E-state index in [0.717, 1.165) is 28.7 Å². The summed E-state index contributed by atoms with van der Waals surface area (Å²) in [7, 11) is 13.2. The smallest absolute Gasteiger partial charge is 0.377 e. The largest absolute Gasteiger partial charge is 0.500 e. The number of rotatable bonds is 14. The molecule has 0 saturated heterocycles. The van der Waals surface area contributed by atoms with E-state index >= 15 is 0 Å². The molecule has 12 heteroatoms. The maximum atomic E-state index is 5.53. The lowest BCUT2D eigenvalue weighted by Gasteiger charge is -2.24. The van der Waals surface area contributed by atoms with E-state index in [2.05, 4.69) is 47.4 Å². The summed E-state index contributed by atoms with van der Waals surface area (Å²) >= 11 is 1.75. The highest BCUT2D eigenvalue weighted by Gasteiger charge is 2.36. The summed E-state index contributed by atoms with van der Waals surface area (Å²) in [5.74, 6) is 0. The molecule has 1 heterocycles. The van der Waals surface area contributed by atoms with E-state index in [4.69, 9.17) is 13.3 Å². The molecule has 4 nitrogen and oxygen atoms in total. The third-order valence-corrected chi connectivity index (χ3v) is 19.2. The van der Waals surface area contributed by atoms with Crippen molar-refractivity contribution in [3.63, 3.8) is 0 Å². The van der Waals surface area contributed by atoms with Crippen molar-refractivity contribution >= 4 is 91.2 Å². The van der Waals surface area contributed by atoms with E-state index in [0.29, 0.717) is 0 Å². The number of fused-ring (bicyclic) bond motifs is 1. The van der Waals surface area contributed by atoms with Crippen LogP contribution in [0.15, 0.2) is 57.8 Å². The van der Waals surface area contributed by atoms with Crippen LogP contribution in [0.2, 0.25) is 6.04 Å². The number of nitrogens with zero attached hydrogens (tertiary/aromatic N) is 1. The fourth-order valence-corrected chi connectivity index (χ4v) is 17.3. The Morgan fingerprint density at radius 2 is 1.52 bits per heavy atom. The number of hydrogen-bond donors (Lipinski definition) is 0. The Labute approximate surface area is 211 Å². The maximum absolute atomic E-state index is 5.53. The van der Waals surface area contributed by atoms with Gasteiger partial charge >= 0.3 is 8.80 Å². The molecule has 0 unspecified atom stereocenters. The molecule has 1 aromatic heterocycles. The van der Waals surface area contributed by atoms with Gasteiger partial charge in [-0.2, -0.15) is 0 Å². The van der Waals surface area contributed by atoms with Gasteiger partial charge in [-0.05, 0) is 97.5 Å². The molecule has 0 amide bonds. The molecule has 0 atom stereocenters. The fourth-order valence-electron chi connectivity index (χ4n) is 2.85. The number of aryl methyl sites for hydroxylation is 1. The second-order valence-corrected chi connectivity index (χ2v) is 19.8. The Kier molecular flexibility index (Phi) is 11.8. The fraction of sp³-hybridized carbons (Fsp3) is 0.316. The summed E-state index contributed by atoms with van der Waals surface area (Å²) in [6.07, 6.45) is 1.95. The minimum Gasteiger partial charge on any atom is -0.377 e. The van der Waals surface area contributed by atoms with Crippen molar-refractivity contribution in [1.29, 1.82) is 0 Å². The third kappa shape index (κ3) is 8.06. The highest BCUT2D eigenvalue weighted by molar-refractivity contribution is 9.41. The predicted molar refractivity (Wildman–Crippen MR) is 148 cm³/mol. The first kappa shape index (κ1) is 26.1. The Balaban J connectivity index is 1.38. The topological polar surface area (TPSA) is 40.6 Å². The van der Waals surface area contributed by atoms with Gasteiger partial charge in [-0.3, -0.25) is 0 Å². The van der Waals surface area contributed by atoms with Crippen LogP contribution in [-0.2, 0) is 19.7 Å². The van der Waals surface area contributed by atoms with E-state index in [1.165, 1.54) is 15.2 Å². The standard InChI is InChI=1S/C19H23NO3S7Si/c1-21-31(22-2,23-3)14-8-10-15-9-4-6-12-17(15)25-27-29-30-28-26-19-20-16-11-5-7-13-18(16)24-19/h4-7,9,11-13H,8,10,14H2,1-3H3. The summed E-state index contributed by atoms with van der Waals surface area (Å²) in [6.45, 7) is 0. The van der Waals surface area contributed by atoms with Crippen LogP contribution in [0.3, 0.4) is 0 Å². The first-order valence-electron chi connectivity index (χ1n) is 9.30. The molecule has 0 fully saturated rings. The van der Waals surface area contributed by atoms with Crippen LogP contribution in [-0.4, -0.2) is 35.1 Å². The Bertz CT molecular complexity index is 900. The predicted octanol–water partition coefficient (Wildman–Crippen LogP) is 8.50. The van der Waals surface area contributed by atoms with Gasteiger partial charge in [0.15, 0.2) is 4.34 Å². The van der Waals surface area contributed by atoms with Crippen LogP contribution in [0.4, 0.5) is 0 Å². The van der Waals surface area contributed by atoms with Gasteiger partial charge in [-0.15, -0.1) is 11.3 Å². The van der Waals surface area contributed by atoms with Crippen molar-refractivity contribution in [1.82, 2.24) is 4.98 Å². The molecule has 168 valence electrons. The summed E-state index contributed by atoms with van der Waals surface area (Å²) in [6, 6.07) is 17.7. The molecule has 2 aromatic carbocycles. The number of hydrogen-bond acceptors (Lipinski definition) is 11. The lowest BCUT2D eigenvalue weighted by Crippen LogP contribution is -2.42. The van der Waals surface area contributed by atoms with Gasteiger partial charge < -0.3 is 13.3 Å². The van der Waals surface area contributed by atoms with Gasteiger partial charge in [0.1, 0.15) is 0 Å². The number of benzene rings is 2. The van der Waals surface area contributed by atoms with Crippen LogP contribution in [0.1, 0.15) is 12.0 Å². The lowest BCUT2D eigenvalue weighted by atomic mass is 10.1. The maximum Gasteiger partial charge on any atom is 0.500 e. The van der Waals surface area contributed by atoms with Crippen LogP contribution in [0, 0.1) is 0 Å². The van der Waals surface area contributed by atoms with Crippen molar-refractivity contribution in [2.24, 2.45) is 0 Å². The van der Waals surface area contributed by atoms with Crippen LogP contribution >= 0.6 is 72.2 Å². The van der Waals surface area contributed by atoms with E-state index in [-0.39, 0.29) is 0 Å². The highest BCUT2D eigenvalue weighted by Crippen LogP contribution is 2.56. The van der Waals surface area contributed by atoms with Gasteiger partial charge in [-0.25, -0.2) is 4.98 Å². The van der Waals surface area contributed by atoms with E-state index in [9.17, 15) is 0 Å². The van der Waals surface area contributed by atoms with Gasteiger partial charge in [0.25, 0.3) is 0 Å². The molecule has 0 saturated carbocycles. The van der Waals surface area contributed by atoms with Crippen molar-refractivity contribution in [2.75, 3.05) is 21.3 Å². The van der Waals surface area contributed by atoms with Gasteiger partial charge in [-0.1, -0.05) is 30.3 Å². The Morgan fingerprint density at radius 3 is 2.26 bits per heavy atom. The summed E-state index contributed by atoms with van der Waals surface area (Å²) in [4.78, 5) is 5.97. The van der Waals surface area contributed by atoms with Gasteiger partial charge in [0.05, 0.1) is 10.2 Å². The molecule has 0 spiro atoms. The quantitative estimate of drug-likeness (QED) is 0.108. The average molecular weight is 566 g/mol. The number of para-hydroxylation sites is 1. The molecule has 3 rings (SSSR count). The van der Waals surface area contributed by atoms with Gasteiger partial charge in [0.2, 0.25) is 0 Å². The molecule has 0 aliphatic carbocycles. The van der Waals surface area contributed by atoms with Crippen LogP contribution in [0.25, 0.3) is 10.2 Å². The second kappa shape index (κ2) is 14.0. The van der Waals surface area contributed by atoms with E-state index in [1.54, 1.807) is 82.8 Å². The zero-order chi connectivity index (χ0) is 21.9. The summed E-state index contributed by atoms with van der Waals surface area (Å²) < 4.78 is 18.9. The SMILES string of the molecule is CO[Si](CCCc1ccccc1SSSSSSc1nc2ccccc2s1)(OC)OC. The first-order chi connectivity index (χ1) is 15.2. The molecule has 3 aromatic rings. The zero-order valence-corrected chi connectivity index (χ0v) is 24.0. The Morgan fingerprint density at radius 1 is 0.839 bits per heavy atom. The molecule has 0 aliphatic rings. The number of aromatic nitrogens is 1. The monoisotopic (exact) mass is 565 g/mol. The number of thiazole rings is 1. The second-order valence-electron chi connectivity index (χ2n) is 6.14. The molecular weight excluding hydrogens is 543 g/mol. The minimum absolute atomic E-state index is 0.812. The van der Waals surface area contributed by atoms with Crippen molar-refractivity contribution in [3.8, 4) is 0 Å². The van der Waals surface area contributed by atoms with E-state index < -0.39 is 8.80 Å². The first-order valence-corrected chi connectivity index (χ1v) is 19.5. The molecular formula is C19H23NO3S7Si. The highest BCUT2D eigenvalue weighted by atomic mass is 33.9. The molecule has 0 radical (unpaired) electrons. The van der Waals surface area contributed by atoms with Crippen molar-refractivity contribution < 1.29 is 13.3 Å². The van der Waals surface area contributed by atoms with E-state index in [1.807, 2.05) is 16.9 Å². The zero-order valence-electron chi connectivity index (χ0n) is 17.3. The van der Waals surface area contributed by atoms with Crippen molar-refractivity contribution in [3.05, 3.63) is 54.1 Å². The van der Waals surface area contributed by atoms with Crippen LogP contribution in [0.5, 0.6) is 0 Å². The third-order valence-electron chi connectivity index (χ3n) is 4.42. The van der Waals surface area contributed by atoms with Gasteiger partial charge in [0, 0.05) is 32.3 Å². The van der Waals surface area contributed by atoms with Crippen LogP contribution < -0.4 is 0 Å². The summed E-state index contributed by atoms with van der Waals surface area (Å²) in [5.41, 5.74) is 2.43. The Hall–Kier alpha value is 0.527.